The summed E-state index contributed by atoms with van der Waals surface area (Å²) < 4.78 is 15.5. The SMILES string of the molecule is CCOC(=O)c1c(-c2ccccc2Cl)csc1NC(=O)COC(=O)c1ccc(Br)o1. The highest BCUT2D eigenvalue weighted by molar-refractivity contribution is 9.10. The van der Waals surface area contributed by atoms with Gasteiger partial charge in [0.1, 0.15) is 10.6 Å². The molecule has 0 aliphatic heterocycles. The van der Waals surface area contributed by atoms with Gasteiger partial charge in [0.05, 0.1) is 6.61 Å². The predicted molar refractivity (Wildman–Crippen MR) is 116 cm³/mol. The zero-order valence-electron chi connectivity index (χ0n) is 15.6. The van der Waals surface area contributed by atoms with Crippen molar-refractivity contribution in [3.05, 3.63) is 62.8 Å². The molecule has 3 aromatic rings. The van der Waals surface area contributed by atoms with Crippen LogP contribution in [0.25, 0.3) is 11.1 Å². The van der Waals surface area contributed by atoms with Crippen molar-refractivity contribution < 1.29 is 28.3 Å². The Bertz CT molecular complexity index is 1090. The molecule has 2 aromatic heterocycles. The van der Waals surface area contributed by atoms with Crippen LogP contribution in [0.4, 0.5) is 5.00 Å². The molecule has 30 heavy (non-hydrogen) atoms. The second-order valence-electron chi connectivity index (χ2n) is 5.78. The van der Waals surface area contributed by atoms with Gasteiger partial charge in [-0.05, 0) is 41.1 Å². The summed E-state index contributed by atoms with van der Waals surface area (Å²) in [4.78, 5) is 36.8. The van der Waals surface area contributed by atoms with Gasteiger partial charge in [-0.2, -0.15) is 0 Å². The third-order valence-corrected chi connectivity index (χ3v) is 5.45. The largest absolute Gasteiger partial charge is 0.462 e. The molecule has 0 aliphatic rings. The number of thiophene rings is 1. The first kappa shape index (κ1) is 22.1. The van der Waals surface area contributed by atoms with Crippen molar-refractivity contribution in [1.29, 1.82) is 0 Å². The Hall–Kier alpha value is -2.62. The minimum absolute atomic E-state index is 0.0426. The Labute approximate surface area is 189 Å². The molecule has 1 N–H and O–H groups in total. The average Bonchev–Trinajstić information content (AvgIpc) is 3.33. The Morgan fingerprint density at radius 3 is 2.53 bits per heavy atom. The zero-order valence-corrected chi connectivity index (χ0v) is 18.7. The summed E-state index contributed by atoms with van der Waals surface area (Å²) in [7, 11) is 0. The quantitative estimate of drug-likeness (QED) is 0.426. The van der Waals surface area contributed by atoms with Gasteiger partial charge in [-0.15, -0.1) is 11.3 Å². The second-order valence-corrected chi connectivity index (χ2v) is 7.85. The van der Waals surface area contributed by atoms with E-state index in [-0.39, 0.29) is 22.9 Å². The van der Waals surface area contributed by atoms with Gasteiger partial charge in [-0.3, -0.25) is 4.79 Å². The van der Waals surface area contributed by atoms with Gasteiger partial charge in [-0.1, -0.05) is 29.8 Å². The Balaban J connectivity index is 1.78. The minimum atomic E-state index is -0.788. The van der Waals surface area contributed by atoms with Gasteiger partial charge in [0.25, 0.3) is 5.91 Å². The Kier molecular flexibility index (Phi) is 7.30. The fraction of sp³-hybridized carbons (Fsp3) is 0.150. The van der Waals surface area contributed by atoms with Crippen LogP contribution in [0.2, 0.25) is 5.02 Å². The van der Waals surface area contributed by atoms with Crippen LogP contribution in [0.3, 0.4) is 0 Å². The number of nitrogens with one attached hydrogen (secondary N) is 1. The van der Waals surface area contributed by atoms with E-state index in [1.165, 1.54) is 12.1 Å². The first-order chi connectivity index (χ1) is 14.4. The first-order valence-corrected chi connectivity index (χ1v) is 10.7. The number of esters is 2. The van der Waals surface area contributed by atoms with Crippen molar-refractivity contribution in [3.63, 3.8) is 0 Å². The Morgan fingerprint density at radius 1 is 1.10 bits per heavy atom. The lowest BCUT2D eigenvalue weighted by molar-refractivity contribution is -0.119. The molecule has 1 aromatic carbocycles. The number of furan rings is 1. The first-order valence-electron chi connectivity index (χ1n) is 8.66. The van der Waals surface area contributed by atoms with E-state index in [0.29, 0.717) is 20.8 Å². The molecule has 10 heteroatoms. The maximum atomic E-state index is 12.6. The van der Waals surface area contributed by atoms with Crippen molar-refractivity contribution in [2.75, 3.05) is 18.5 Å². The number of rotatable bonds is 7. The third kappa shape index (κ3) is 5.10. The second kappa shape index (κ2) is 9.92. The van der Waals surface area contributed by atoms with Gasteiger partial charge in [0, 0.05) is 21.5 Å². The lowest BCUT2D eigenvalue weighted by atomic mass is 10.0. The molecule has 0 bridgehead atoms. The van der Waals surface area contributed by atoms with Gasteiger partial charge in [0.2, 0.25) is 5.76 Å². The van der Waals surface area contributed by atoms with Crippen molar-refractivity contribution in [2.24, 2.45) is 0 Å². The number of amides is 1. The highest BCUT2D eigenvalue weighted by Gasteiger charge is 2.24. The molecule has 0 saturated carbocycles. The number of anilines is 1. The summed E-state index contributed by atoms with van der Waals surface area (Å²) in [6.45, 7) is 1.29. The van der Waals surface area contributed by atoms with E-state index >= 15 is 0 Å². The van der Waals surface area contributed by atoms with E-state index in [1.54, 1.807) is 36.6 Å². The summed E-state index contributed by atoms with van der Waals surface area (Å²) in [6.07, 6.45) is 0. The van der Waals surface area contributed by atoms with Crippen molar-refractivity contribution >= 4 is 61.7 Å². The lowest BCUT2D eigenvalue weighted by Gasteiger charge is -2.09. The summed E-state index contributed by atoms with van der Waals surface area (Å²) in [5.74, 6) is -2.04. The molecule has 1 amide bonds. The molecule has 7 nitrogen and oxygen atoms in total. The summed E-state index contributed by atoms with van der Waals surface area (Å²) in [5, 5.41) is 5.02. The van der Waals surface area contributed by atoms with Crippen LogP contribution in [0.15, 0.2) is 50.9 Å². The maximum Gasteiger partial charge on any atom is 0.374 e. The molecule has 0 fully saturated rings. The van der Waals surface area contributed by atoms with Crippen molar-refractivity contribution in [1.82, 2.24) is 0 Å². The molecule has 0 atom stereocenters. The van der Waals surface area contributed by atoms with Crippen LogP contribution in [-0.4, -0.2) is 31.1 Å². The maximum absolute atomic E-state index is 12.6. The van der Waals surface area contributed by atoms with Crippen LogP contribution in [0.1, 0.15) is 27.8 Å². The van der Waals surface area contributed by atoms with E-state index in [4.69, 9.17) is 25.5 Å². The number of ether oxygens (including phenoxy) is 2. The predicted octanol–water partition coefficient (Wildman–Crippen LogP) is 5.40. The third-order valence-electron chi connectivity index (χ3n) is 3.80. The molecule has 0 spiro atoms. The molecule has 0 saturated heterocycles. The van der Waals surface area contributed by atoms with Gasteiger partial charge < -0.3 is 19.2 Å². The van der Waals surface area contributed by atoms with E-state index in [0.717, 1.165) is 11.3 Å². The van der Waals surface area contributed by atoms with E-state index in [2.05, 4.69) is 21.2 Å². The van der Waals surface area contributed by atoms with Crippen LogP contribution in [0.5, 0.6) is 0 Å². The molecule has 0 radical (unpaired) electrons. The topological polar surface area (TPSA) is 94.8 Å². The molecule has 0 unspecified atom stereocenters. The van der Waals surface area contributed by atoms with Gasteiger partial charge >= 0.3 is 11.9 Å². The highest BCUT2D eigenvalue weighted by Crippen LogP contribution is 2.39. The molecular weight excluding hydrogens is 498 g/mol. The molecular formula is C20H15BrClNO6S. The lowest BCUT2D eigenvalue weighted by Crippen LogP contribution is -2.21. The normalized spacial score (nSPS) is 10.5. The van der Waals surface area contributed by atoms with Crippen LogP contribution in [0, 0.1) is 0 Å². The minimum Gasteiger partial charge on any atom is -0.462 e. The molecule has 3 rings (SSSR count). The van der Waals surface area contributed by atoms with E-state index in [9.17, 15) is 14.4 Å². The average molecular weight is 513 g/mol. The van der Waals surface area contributed by atoms with E-state index in [1.807, 2.05) is 0 Å². The van der Waals surface area contributed by atoms with Crippen LogP contribution < -0.4 is 5.32 Å². The number of carbonyl (C=O) groups excluding carboxylic acids is 3. The molecule has 156 valence electrons. The summed E-state index contributed by atoms with van der Waals surface area (Å²) in [6, 6.07) is 9.98. The van der Waals surface area contributed by atoms with Gasteiger partial charge in [-0.25, -0.2) is 9.59 Å². The number of benzene rings is 1. The number of halogens is 2. The van der Waals surface area contributed by atoms with Crippen molar-refractivity contribution in [3.8, 4) is 11.1 Å². The van der Waals surface area contributed by atoms with Crippen molar-refractivity contribution in [2.45, 2.75) is 6.92 Å². The smallest absolute Gasteiger partial charge is 0.374 e. The van der Waals surface area contributed by atoms with Crippen LogP contribution >= 0.6 is 38.9 Å². The highest BCUT2D eigenvalue weighted by atomic mass is 79.9. The number of hydrogen-bond donors (Lipinski definition) is 1. The van der Waals surface area contributed by atoms with Crippen LogP contribution in [-0.2, 0) is 14.3 Å². The monoisotopic (exact) mass is 511 g/mol. The fourth-order valence-corrected chi connectivity index (χ4v) is 4.03. The van der Waals surface area contributed by atoms with Gasteiger partial charge in [0.15, 0.2) is 11.3 Å². The standard InChI is InChI=1S/C20H15BrClNO6S/c1-2-27-20(26)17-12(11-5-3-4-6-13(11)22)10-30-18(17)23-16(24)9-28-19(25)14-7-8-15(21)29-14/h3-8,10H,2,9H2,1H3,(H,23,24). The van der Waals surface area contributed by atoms with E-state index < -0.39 is 24.5 Å². The summed E-state index contributed by atoms with van der Waals surface area (Å²) >= 11 is 10.5. The summed E-state index contributed by atoms with van der Waals surface area (Å²) in [5.41, 5.74) is 1.36. The molecule has 2 heterocycles. The number of carbonyl (C=O) groups is 3. The Morgan fingerprint density at radius 2 is 1.87 bits per heavy atom. The fourth-order valence-electron chi connectivity index (χ4n) is 2.52. The molecule has 0 aliphatic carbocycles. The number of hydrogen-bond acceptors (Lipinski definition) is 7. The zero-order chi connectivity index (χ0) is 21.7.